The number of hydrogen-bond donors (Lipinski definition) is 4. The number of carbonyl (C=O) groups is 3. The molecule has 4 N–H and O–H groups in total. The number of halogens is 2. The SMILES string of the molecule is O=C1CCC(Nc2ccc(N3CCN(C4CCC(NC(=O)[C@H]5CC[C@H](Nc6ncc(F)c(-c7cccc(N8CCCCC8)c7)n6)CC5)CC4)CC3)c(F)c2)C(=O)N1. The van der Waals surface area contributed by atoms with Crippen LogP contribution in [0.2, 0.25) is 0 Å². The first-order chi connectivity index (χ1) is 27.8. The largest absolute Gasteiger partial charge is 0.374 e. The second kappa shape index (κ2) is 17.7. The standard InChI is InChI=1S/C43H55F2N9O3/c44-35-26-32(47-37-16-18-39(55)50-42(37)57)13-17-38(35)54-23-21-53(22-24-54)33-14-11-30(12-15-33)48-41(56)28-7-9-31(10-8-28)49-43-46-27-36(45)40(51-43)29-5-4-6-34(25-29)52-19-2-1-3-20-52/h4-6,13,17,25-28,30-31,33,37,47H,1-3,7-12,14-16,18-24H2,(H,48,56)(H,46,49,51)(H,50,55,57)/t28-,30?,31-,33?,37?. The normalized spacial score (nSPS) is 26.1. The summed E-state index contributed by atoms with van der Waals surface area (Å²) in [5.41, 5.74) is 3.23. The molecule has 3 amide bonds. The molecular formula is C43H55F2N9O3. The summed E-state index contributed by atoms with van der Waals surface area (Å²) in [6, 6.07) is 13.2. The Kier molecular flexibility index (Phi) is 12.1. The molecule has 2 aliphatic carbocycles. The van der Waals surface area contributed by atoms with Gasteiger partial charge in [-0.05, 0) is 107 Å². The molecule has 2 saturated carbocycles. The zero-order valence-corrected chi connectivity index (χ0v) is 32.7. The molecule has 1 atom stereocenters. The number of piperazine rings is 1. The van der Waals surface area contributed by atoms with Crippen molar-refractivity contribution in [3.63, 3.8) is 0 Å². The molecule has 0 bridgehead atoms. The summed E-state index contributed by atoms with van der Waals surface area (Å²) in [6.45, 7) is 5.20. The first kappa shape index (κ1) is 39.0. The third-order valence-corrected chi connectivity index (χ3v) is 12.8. The maximum absolute atomic E-state index is 15.2. The number of piperidine rings is 2. The van der Waals surface area contributed by atoms with Gasteiger partial charge in [0, 0.05) is 86.7 Å². The molecule has 3 aliphatic heterocycles. The van der Waals surface area contributed by atoms with Gasteiger partial charge in [-0.25, -0.2) is 18.7 Å². The molecule has 304 valence electrons. The maximum Gasteiger partial charge on any atom is 0.249 e. The second-order valence-corrected chi connectivity index (χ2v) is 16.5. The van der Waals surface area contributed by atoms with Crippen LogP contribution in [-0.4, -0.2) is 96.0 Å². The van der Waals surface area contributed by atoms with Gasteiger partial charge in [-0.2, -0.15) is 0 Å². The van der Waals surface area contributed by atoms with Gasteiger partial charge in [0.15, 0.2) is 5.82 Å². The summed E-state index contributed by atoms with van der Waals surface area (Å²) < 4.78 is 30.2. The van der Waals surface area contributed by atoms with Crippen LogP contribution in [0.25, 0.3) is 11.3 Å². The molecule has 12 nitrogen and oxygen atoms in total. The van der Waals surface area contributed by atoms with E-state index in [4.69, 9.17) is 0 Å². The molecule has 1 unspecified atom stereocenters. The van der Waals surface area contributed by atoms with Gasteiger partial charge in [0.25, 0.3) is 0 Å². The number of hydrogen-bond acceptors (Lipinski definition) is 10. The molecule has 8 rings (SSSR count). The van der Waals surface area contributed by atoms with E-state index in [9.17, 15) is 18.8 Å². The number of imide groups is 1. The van der Waals surface area contributed by atoms with Crippen LogP contribution in [0.1, 0.15) is 83.5 Å². The zero-order chi connectivity index (χ0) is 39.3. The third-order valence-electron chi connectivity index (χ3n) is 12.8. The number of anilines is 4. The molecule has 3 aromatic rings. The van der Waals surface area contributed by atoms with Gasteiger partial charge in [0.05, 0.1) is 11.9 Å². The molecule has 4 heterocycles. The van der Waals surface area contributed by atoms with E-state index in [1.54, 1.807) is 12.1 Å². The lowest BCUT2D eigenvalue weighted by Crippen LogP contribution is -2.52. The number of rotatable bonds is 10. The fraction of sp³-hybridized carbons (Fsp3) is 0.558. The monoisotopic (exact) mass is 783 g/mol. The van der Waals surface area contributed by atoms with Gasteiger partial charge in [0.1, 0.15) is 17.6 Å². The van der Waals surface area contributed by atoms with Crippen LogP contribution >= 0.6 is 0 Å². The van der Waals surface area contributed by atoms with Gasteiger partial charge >= 0.3 is 0 Å². The van der Waals surface area contributed by atoms with Crippen LogP contribution in [0.15, 0.2) is 48.7 Å². The minimum absolute atomic E-state index is 0.0150. The van der Waals surface area contributed by atoms with Gasteiger partial charge in [-0.15, -0.1) is 0 Å². The van der Waals surface area contributed by atoms with Crippen LogP contribution in [0.5, 0.6) is 0 Å². The van der Waals surface area contributed by atoms with Crippen LogP contribution < -0.4 is 31.1 Å². The Morgan fingerprint density at radius 2 is 1.51 bits per heavy atom. The molecule has 0 spiro atoms. The molecule has 2 aromatic carbocycles. The Morgan fingerprint density at radius 1 is 0.754 bits per heavy atom. The Bertz CT molecular complexity index is 1900. The second-order valence-electron chi connectivity index (χ2n) is 16.5. The van der Waals surface area contributed by atoms with E-state index >= 15 is 4.39 Å². The van der Waals surface area contributed by atoms with Crippen LogP contribution in [0, 0.1) is 17.6 Å². The van der Waals surface area contributed by atoms with Crippen molar-refractivity contribution in [1.29, 1.82) is 0 Å². The average molecular weight is 784 g/mol. The summed E-state index contributed by atoms with van der Waals surface area (Å²) in [5.74, 6) is -0.871. The van der Waals surface area contributed by atoms with Crippen molar-refractivity contribution in [2.75, 3.05) is 59.7 Å². The van der Waals surface area contributed by atoms with Crippen molar-refractivity contribution >= 4 is 40.7 Å². The van der Waals surface area contributed by atoms with E-state index in [1.165, 1.54) is 31.5 Å². The average Bonchev–Trinajstić information content (AvgIpc) is 3.24. The quantitative estimate of drug-likeness (QED) is 0.186. The Labute approximate surface area is 333 Å². The zero-order valence-electron chi connectivity index (χ0n) is 32.7. The van der Waals surface area contributed by atoms with Gasteiger partial charge in [-0.3, -0.25) is 24.6 Å². The molecule has 57 heavy (non-hydrogen) atoms. The van der Waals surface area contributed by atoms with Crippen molar-refractivity contribution in [3.8, 4) is 11.3 Å². The summed E-state index contributed by atoms with van der Waals surface area (Å²) in [7, 11) is 0. The topological polar surface area (TPSA) is 135 Å². The first-order valence-electron chi connectivity index (χ1n) is 21.1. The maximum atomic E-state index is 15.2. The molecular weight excluding hydrogens is 729 g/mol. The van der Waals surface area contributed by atoms with Crippen molar-refractivity contribution in [2.45, 2.75) is 108 Å². The van der Waals surface area contributed by atoms with Gasteiger partial charge in [0.2, 0.25) is 23.7 Å². The van der Waals surface area contributed by atoms with E-state index in [0.29, 0.717) is 35.5 Å². The lowest BCUT2D eigenvalue weighted by molar-refractivity contribution is -0.133. The number of aromatic nitrogens is 2. The molecule has 3 saturated heterocycles. The predicted molar refractivity (Wildman–Crippen MR) is 217 cm³/mol. The number of carbonyl (C=O) groups excluding carboxylic acids is 3. The highest BCUT2D eigenvalue weighted by atomic mass is 19.1. The fourth-order valence-corrected chi connectivity index (χ4v) is 9.44. The minimum Gasteiger partial charge on any atom is -0.374 e. The molecule has 1 aromatic heterocycles. The van der Waals surface area contributed by atoms with E-state index in [-0.39, 0.29) is 48.0 Å². The summed E-state index contributed by atoms with van der Waals surface area (Å²) in [5, 5.41) is 12.2. The Hall–Kier alpha value is -4.85. The molecule has 5 aliphatic rings. The summed E-state index contributed by atoms with van der Waals surface area (Å²) in [4.78, 5) is 52.7. The number of amides is 3. The lowest BCUT2D eigenvalue weighted by Gasteiger charge is -2.43. The van der Waals surface area contributed by atoms with Crippen LogP contribution in [0.4, 0.5) is 31.8 Å². The van der Waals surface area contributed by atoms with E-state index < -0.39 is 11.9 Å². The van der Waals surface area contributed by atoms with Gasteiger partial charge < -0.3 is 25.8 Å². The predicted octanol–water partition coefficient (Wildman–Crippen LogP) is 5.85. The van der Waals surface area contributed by atoms with E-state index in [1.807, 2.05) is 18.2 Å². The summed E-state index contributed by atoms with van der Waals surface area (Å²) in [6.07, 6.45) is 12.7. The first-order valence-corrected chi connectivity index (χ1v) is 21.1. The Balaban J connectivity index is 0.750. The Morgan fingerprint density at radius 3 is 2.25 bits per heavy atom. The van der Waals surface area contributed by atoms with Crippen molar-refractivity contribution in [3.05, 3.63) is 60.3 Å². The van der Waals surface area contributed by atoms with E-state index in [2.05, 4.69) is 52.0 Å². The molecule has 0 radical (unpaired) electrons. The highest BCUT2D eigenvalue weighted by Gasteiger charge is 2.33. The molecule has 14 heteroatoms. The fourth-order valence-electron chi connectivity index (χ4n) is 9.44. The van der Waals surface area contributed by atoms with Crippen LogP contribution in [-0.2, 0) is 14.4 Å². The summed E-state index contributed by atoms with van der Waals surface area (Å²) >= 11 is 0. The lowest BCUT2D eigenvalue weighted by atomic mass is 9.84. The van der Waals surface area contributed by atoms with Gasteiger partial charge in [-0.1, -0.05) is 12.1 Å². The van der Waals surface area contributed by atoms with Crippen molar-refractivity contribution < 1.29 is 23.2 Å². The number of nitrogens with zero attached hydrogens (tertiary/aromatic N) is 5. The molecule has 5 fully saturated rings. The highest BCUT2D eigenvalue weighted by Crippen LogP contribution is 2.32. The van der Waals surface area contributed by atoms with Crippen molar-refractivity contribution in [1.82, 2.24) is 25.5 Å². The number of benzene rings is 2. The van der Waals surface area contributed by atoms with Crippen molar-refractivity contribution in [2.24, 2.45) is 5.92 Å². The van der Waals surface area contributed by atoms with E-state index in [0.717, 1.165) is 102 Å². The third kappa shape index (κ3) is 9.48. The number of nitrogens with one attached hydrogen (secondary N) is 4. The van der Waals surface area contributed by atoms with Crippen LogP contribution in [0.3, 0.4) is 0 Å². The smallest absolute Gasteiger partial charge is 0.249 e. The minimum atomic E-state index is -0.554. The highest BCUT2D eigenvalue weighted by molar-refractivity contribution is 6.01.